The maximum absolute atomic E-state index is 14.0. The molecule has 0 aliphatic carbocycles. The number of rotatable bonds is 8. The zero-order valence-corrected chi connectivity index (χ0v) is 20.5. The second-order valence-electron chi connectivity index (χ2n) is 9.58. The van der Waals surface area contributed by atoms with Gasteiger partial charge in [0.15, 0.2) is 0 Å². The molecule has 0 aromatic heterocycles. The Morgan fingerprint density at radius 2 is 1.83 bits per heavy atom. The summed E-state index contributed by atoms with van der Waals surface area (Å²) in [6, 6.07) is 3.45. The lowest BCUT2D eigenvalue weighted by Crippen LogP contribution is -2.65. The van der Waals surface area contributed by atoms with Crippen molar-refractivity contribution in [2.24, 2.45) is 11.5 Å². The van der Waals surface area contributed by atoms with E-state index < -0.39 is 41.3 Å². The van der Waals surface area contributed by atoms with Crippen molar-refractivity contribution in [3.8, 4) is 0 Å². The van der Waals surface area contributed by atoms with E-state index in [9.17, 15) is 23.6 Å². The topological polar surface area (TPSA) is 139 Å². The number of carbonyl (C=O) groups excluding carboxylic acids is 4. The van der Waals surface area contributed by atoms with Crippen molar-refractivity contribution in [3.05, 3.63) is 35.6 Å². The highest BCUT2D eigenvalue weighted by molar-refractivity contribution is 5.97. The highest BCUT2D eigenvalue weighted by Crippen LogP contribution is 2.36. The molecule has 2 saturated heterocycles. The van der Waals surface area contributed by atoms with Crippen molar-refractivity contribution in [1.82, 2.24) is 15.1 Å². The predicted octanol–water partition coefficient (Wildman–Crippen LogP) is 0.838. The maximum atomic E-state index is 14.0. The molecular formula is C25H36FN5O4. The first-order valence-electron chi connectivity index (χ1n) is 12.3. The van der Waals surface area contributed by atoms with E-state index in [2.05, 4.69) is 5.32 Å². The Labute approximate surface area is 205 Å². The molecule has 192 valence electrons. The number of benzene rings is 1. The largest absolute Gasteiger partial charge is 0.368 e. The van der Waals surface area contributed by atoms with Crippen LogP contribution in [0.15, 0.2) is 24.3 Å². The van der Waals surface area contributed by atoms with Crippen LogP contribution >= 0.6 is 0 Å². The van der Waals surface area contributed by atoms with Gasteiger partial charge >= 0.3 is 0 Å². The number of nitrogens with two attached hydrogens (primary N) is 2. The smallest absolute Gasteiger partial charge is 0.246 e. The van der Waals surface area contributed by atoms with Crippen molar-refractivity contribution in [1.29, 1.82) is 0 Å². The molecule has 2 fully saturated rings. The minimum Gasteiger partial charge on any atom is -0.368 e. The van der Waals surface area contributed by atoms with Crippen LogP contribution in [0, 0.1) is 5.82 Å². The Bertz CT molecular complexity index is 956. The van der Waals surface area contributed by atoms with Gasteiger partial charge in [0.2, 0.25) is 23.6 Å². The van der Waals surface area contributed by atoms with E-state index in [1.807, 2.05) is 6.92 Å². The first kappa shape index (κ1) is 26.6. The van der Waals surface area contributed by atoms with Crippen LogP contribution in [-0.4, -0.2) is 70.2 Å². The fourth-order valence-electron chi connectivity index (χ4n) is 5.06. The average molecular weight is 490 g/mol. The van der Waals surface area contributed by atoms with E-state index >= 15 is 0 Å². The zero-order valence-electron chi connectivity index (χ0n) is 20.5. The van der Waals surface area contributed by atoms with Crippen LogP contribution in [0.4, 0.5) is 4.39 Å². The van der Waals surface area contributed by atoms with Crippen molar-refractivity contribution >= 4 is 23.6 Å². The molecule has 0 radical (unpaired) electrons. The fourth-order valence-corrected chi connectivity index (χ4v) is 5.06. The molecule has 0 saturated carbocycles. The second kappa shape index (κ2) is 11.2. The molecule has 4 unspecified atom stereocenters. The van der Waals surface area contributed by atoms with Crippen molar-refractivity contribution in [2.75, 3.05) is 13.1 Å². The molecule has 35 heavy (non-hydrogen) atoms. The van der Waals surface area contributed by atoms with Crippen LogP contribution < -0.4 is 16.8 Å². The zero-order chi connectivity index (χ0) is 25.8. The lowest BCUT2D eigenvalue weighted by atomic mass is 9.85. The van der Waals surface area contributed by atoms with Gasteiger partial charge in [-0.25, -0.2) is 4.39 Å². The standard InChI is InChI=1S/C25H36FN5O4/c1-3-19(27)22(33)30-13-5-4-7-20(30)23(34)31-14-6-12-25(31,24(35)29-16(2)21(28)32)15-17-8-10-18(26)11-9-17/h8-11,16,19-20H,3-7,12-15,27H2,1-2H3,(H2,28,32)(H,29,35). The summed E-state index contributed by atoms with van der Waals surface area (Å²) in [6.07, 6.45) is 3.59. The Kier molecular flexibility index (Phi) is 8.47. The van der Waals surface area contributed by atoms with E-state index in [0.717, 1.165) is 12.8 Å². The van der Waals surface area contributed by atoms with E-state index in [1.165, 1.54) is 19.1 Å². The van der Waals surface area contributed by atoms with Gasteiger partial charge in [0, 0.05) is 19.5 Å². The Balaban J connectivity index is 1.96. The lowest BCUT2D eigenvalue weighted by Gasteiger charge is -2.43. The summed E-state index contributed by atoms with van der Waals surface area (Å²) in [4.78, 5) is 55.3. The van der Waals surface area contributed by atoms with Gasteiger partial charge in [-0.3, -0.25) is 19.2 Å². The molecule has 1 aromatic rings. The van der Waals surface area contributed by atoms with Crippen molar-refractivity contribution < 1.29 is 23.6 Å². The van der Waals surface area contributed by atoms with Crippen LogP contribution in [0.3, 0.4) is 0 Å². The van der Waals surface area contributed by atoms with Crippen LogP contribution in [0.1, 0.15) is 57.9 Å². The summed E-state index contributed by atoms with van der Waals surface area (Å²) in [5.41, 5.74) is 10.8. The minimum absolute atomic E-state index is 0.144. The molecule has 4 atom stereocenters. The lowest BCUT2D eigenvalue weighted by molar-refractivity contribution is -0.154. The Morgan fingerprint density at radius 1 is 1.14 bits per heavy atom. The van der Waals surface area contributed by atoms with Crippen LogP contribution in [0.2, 0.25) is 0 Å². The highest BCUT2D eigenvalue weighted by atomic mass is 19.1. The number of amides is 4. The first-order valence-corrected chi connectivity index (χ1v) is 12.3. The number of nitrogens with one attached hydrogen (secondary N) is 1. The number of nitrogens with zero attached hydrogens (tertiary/aromatic N) is 2. The maximum Gasteiger partial charge on any atom is 0.246 e. The SMILES string of the molecule is CCC(N)C(=O)N1CCCCC1C(=O)N1CCCC1(Cc1ccc(F)cc1)C(=O)NC(C)C(N)=O. The number of hydrogen-bond acceptors (Lipinski definition) is 5. The molecule has 3 rings (SSSR count). The van der Waals surface area contributed by atoms with Gasteiger partial charge in [0.1, 0.15) is 23.4 Å². The molecule has 4 amide bonds. The third-order valence-corrected chi connectivity index (χ3v) is 7.19. The summed E-state index contributed by atoms with van der Waals surface area (Å²) in [5, 5.41) is 2.66. The van der Waals surface area contributed by atoms with Gasteiger partial charge in [-0.1, -0.05) is 19.1 Å². The quantitative estimate of drug-likeness (QED) is 0.497. The number of hydrogen-bond donors (Lipinski definition) is 3. The van der Waals surface area contributed by atoms with Crippen LogP contribution in [0.25, 0.3) is 0 Å². The molecule has 0 bridgehead atoms. The predicted molar refractivity (Wildman–Crippen MR) is 128 cm³/mol. The monoisotopic (exact) mass is 489 g/mol. The number of carbonyl (C=O) groups is 4. The summed E-state index contributed by atoms with van der Waals surface area (Å²) >= 11 is 0. The molecule has 10 heteroatoms. The number of primary amides is 1. The van der Waals surface area contributed by atoms with Crippen LogP contribution in [-0.2, 0) is 25.6 Å². The number of piperidine rings is 1. The summed E-state index contributed by atoms with van der Waals surface area (Å²) in [5.74, 6) is -2.15. The van der Waals surface area contributed by atoms with Gasteiger partial charge < -0.3 is 26.6 Å². The average Bonchev–Trinajstić information content (AvgIpc) is 3.28. The van der Waals surface area contributed by atoms with E-state index in [4.69, 9.17) is 11.5 Å². The van der Waals surface area contributed by atoms with Gasteiger partial charge in [0.05, 0.1) is 6.04 Å². The van der Waals surface area contributed by atoms with Crippen molar-refractivity contribution in [2.45, 2.75) is 82.5 Å². The number of halogens is 1. The molecule has 2 aliphatic rings. The third-order valence-electron chi connectivity index (χ3n) is 7.19. The molecule has 0 spiro atoms. The molecule has 5 N–H and O–H groups in total. The normalized spacial score (nSPS) is 24.1. The first-order chi connectivity index (χ1) is 16.6. The van der Waals surface area contributed by atoms with E-state index in [-0.39, 0.29) is 18.2 Å². The summed E-state index contributed by atoms with van der Waals surface area (Å²) in [7, 11) is 0. The second-order valence-corrected chi connectivity index (χ2v) is 9.58. The van der Waals surface area contributed by atoms with Crippen molar-refractivity contribution in [3.63, 3.8) is 0 Å². The number of likely N-dealkylation sites (tertiary alicyclic amines) is 2. The van der Waals surface area contributed by atoms with Gasteiger partial charge in [-0.05, 0) is 63.1 Å². The fraction of sp³-hybridized carbons (Fsp3) is 0.600. The third kappa shape index (κ3) is 5.63. The van der Waals surface area contributed by atoms with Gasteiger partial charge in [-0.2, -0.15) is 0 Å². The summed E-state index contributed by atoms with van der Waals surface area (Å²) in [6.45, 7) is 4.08. The van der Waals surface area contributed by atoms with Gasteiger partial charge in [-0.15, -0.1) is 0 Å². The van der Waals surface area contributed by atoms with E-state index in [0.29, 0.717) is 44.3 Å². The molecule has 2 heterocycles. The molecule has 1 aromatic carbocycles. The summed E-state index contributed by atoms with van der Waals surface area (Å²) < 4.78 is 13.5. The molecule has 2 aliphatic heterocycles. The molecule has 9 nitrogen and oxygen atoms in total. The Morgan fingerprint density at radius 3 is 2.46 bits per heavy atom. The Hall–Kier alpha value is -3.01. The highest BCUT2D eigenvalue weighted by Gasteiger charge is 2.52. The van der Waals surface area contributed by atoms with E-state index in [1.54, 1.807) is 21.9 Å². The van der Waals surface area contributed by atoms with Crippen LogP contribution in [0.5, 0.6) is 0 Å². The molecular weight excluding hydrogens is 453 g/mol. The van der Waals surface area contributed by atoms with Gasteiger partial charge in [0.25, 0.3) is 0 Å². The minimum atomic E-state index is -1.29.